The molecule has 2 heterocycles. The van der Waals surface area contributed by atoms with Gasteiger partial charge in [0.05, 0.1) is 31.4 Å². The van der Waals surface area contributed by atoms with E-state index in [0.717, 1.165) is 5.69 Å². The monoisotopic (exact) mass is 459 g/mol. The number of anilines is 2. The fraction of sp³-hybridized carbons (Fsp3) is 0.192. The summed E-state index contributed by atoms with van der Waals surface area (Å²) in [5.41, 5.74) is 2.37. The highest BCUT2D eigenvalue weighted by Gasteiger charge is 2.47. The lowest BCUT2D eigenvalue weighted by Gasteiger charge is -2.26. The van der Waals surface area contributed by atoms with Gasteiger partial charge in [-0.25, -0.2) is 0 Å². The summed E-state index contributed by atoms with van der Waals surface area (Å²) < 4.78 is 10.6. The van der Waals surface area contributed by atoms with Crippen LogP contribution in [-0.4, -0.2) is 50.1 Å². The zero-order valence-corrected chi connectivity index (χ0v) is 19.4. The molecule has 34 heavy (non-hydrogen) atoms. The maximum Gasteiger partial charge on any atom is 0.300 e. The van der Waals surface area contributed by atoms with Crippen molar-refractivity contribution in [3.63, 3.8) is 0 Å². The van der Waals surface area contributed by atoms with Crippen molar-refractivity contribution in [2.45, 2.75) is 6.04 Å². The summed E-state index contributed by atoms with van der Waals surface area (Å²) in [5, 5.41) is 11.3. The molecule has 4 rings (SSSR count). The number of amides is 1. The number of Topliss-reactive ketones (excluding diaryl/α,β-unsaturated/α-hetero) is 1. The van der Waals surface area contributed by atoms with E-state index in [1.54, 1.807) is 54.9 Å². The quantitative estimate of drug-likeness (QED) is 0.341. The number of rotatable bonds is 6. The fourth-order valence-corrected chi connectivity index (χ4v) is 4.01. The van der Waals surface area contributed by atoms with Crippen molar-refractivity contribution in [1.82, 2.24) is 4.98 Å². The molecule has 1 aromatic heterocycles. The molecule has 8 heteroatoms. The topological polar surface area (TPSA) is 92.2 Å². The minimum atomic E-state index is -0.847. The van der Waals surface area contributed by atoms with Gasteiger partial charge < -0.3 is 19.5 Å². The molecule has 1 N–H and O–H groups in total. The van der Waals surface area contributed by atoms with Crippen molar-refractivity contribution in [3.05, 3.63) is 83.7 Å². The van der Waals surface area contributed by atoms with Crippen molar-refractivity contribution in [2.75, 3.05) is 38.1 Å². The van der Waals surface area contributed by atoms with Gasteiger partial charge in [0.2, 0.25) is 0 Å². The molecule has 0 bridgehead atoms. The van der Waals surface area contributed by atoms with Crippen molar-refractivity contribution < 1.29 is 24.2 Å². The number of nitrogens with zero attached hydrogens (tertiary/aromatic N) is 3. The van der Waals surface area contributed by atoms with Crippen LogP contribution in [-0.2, 0) is 9.59 Å². The third kappa shape index (κ3) is 3.94. The smallest absolute Gasteiger partial charge is 0.300 e. The number of carbonyl (C=O) groups excluding carboxylic acids is 2. The third-order valence-electron chi connectivity index (χ3n) is 5.77. The molecule has 0 spiro atoms. The maximum atomic E-state index is 13.3. The Morgan fingerprint density at radius 1 is 0.971 bits per heavy atom. The predicted octanol–water partition coefficient (Wildman–Crippen LogP) is 3.79. The minimum Gasteiger partial charge on any atom is -0.507 e. The molecule has 1 aliphatic rings. The average molecular weight is 460 g/mol. The zero-order chi connectivity index (χ0) is 24.4. The maximum absolute atomic E-state index is 13.3. The summed E-state index contributed by atoms with van der Waals surface area (Å²) in [4.78, 5) is 33.9. The molecule has 1 aliphatic heterocycles. The summed E-state index contributed by atoms with van der Waals surface area (Å²) in [6.45, 7) is 0. The van der Waals surface area contributed by atoms with Crippen LogP contribution in [0.15, 0.2) is 72.6 Å². The Bertz CT molecular complexity index is 1250. The number of carbonyl (C=O) groups is 2. The highest BCUT2D eigenvalue weighted by Crippen LogP contribution is 2.43. The summed E-state index contributed by atoms with van der Waals surface area (Å²) in [7, 11) is 6.81. The molecule has 0 aliphatic carbocycles. The van der Waals surface area contributed by atoms with E-state index in [-0.39, 0.29) is 16.9 Å². The highest BCUT2D eigenvalue weighted by atomic mass is 16.5. The van der Waals surface area contributed by atoms with Gasteiger partial charge in [0.1, 0.15) is 17.3 Å². The summed E-state index contributed by atoms with van der Waals surface area (Å²) >= 11 is 0. The van der Waals surface area contributed by atoms with Crippen LogP contribution in [0.3, 0.4) is 0 Å². The van der Waals surface area contributed by atoms with Crippen LogP contribution >= 0.6 is 0 Å². The molecule has 0 radical (unpaired) electrons. The molecule has 1 amide bonds. The number of aromatic nitrogens is 1. The Balaban J connectivity index is 1.92. The SMILES string of the molecule is COc1ccc(/C(O)=C2/C(=O)C(=O)N(c3ccc(N(C)C)cc3)C2c2ccncc2)c(OC)c1. The van der Waals surface area contributed by atoms with E-state index in [1.165, 1.54) is 19.1 Å². The van der Waals surface area contributed by atoms with E-state index < -0.39 is 17.7 Å². The van der Waals surface area contributed by atoms with E-state index in [1.807, 2.05) is 31.1 Å². The zero-order valence-electron chi connectivity index (χ0n) is 19.4. The Kier molecular flexibility index (Phi) is 6.23. The molecule has 2 aromatic carbocycles. The van der Waals surface area contributed by atoms with E-state index in [2.05, 4.69) is 4.98 Å². The van der Waals surface area contributed by atoms with Gasteiger partial charge in [-0.15, -0.1) is 0 Å². The number of hydrogen-bond donors (Lipinski definition) is 1. The van der Waals surface area contributed by atoms with Crippen LogP contribution in [0.5, 0.6) is 11.5 Å². The van der Waals surface area contributed by atoms with Gasteiger partial charge in [-0.05, 0) is 54.1 Å². The number of hydrogen-bond acceptors (Lipinski definition) is 7. The number of pyridine rings is 1. The van der Waals surface area contributed by atoms with Gasteiger partial charge in [-0.1, -0.05) is 0 Å². The molecular weight excluding hydrogens is 434 g/mol. The number of methoxy groups -OCH3 is 2. The largest absolute Gasteiger partial charge is 0.507 e. The van der Waals surface area contributed by atoms with Crippen LogP contribution in [0.4, 0.5) is 11.4 Å². The number of ketones is 1. The Labute approximate surface area is 197 Å². The first-order valence-corrected chi connectivity index (χ1v) is 10.6. The highest BCUT2D eigenvalue weighted by molar-refractivity contribution is 6.51. The van der Waals surface area contributed by atoms with Gasteiger partial charge >= 0.3 is 0 Å². The van der Waals surface area contributed by atoms with Crippen LogP contribution in [0.1, 0.15) is 17.2 Å². The Morgan fingerprint density at radius 2 is 1.65 bits per heavy atom. The van der Waals surface area contributed by atoms with E-state index in [4.69, 9.17) is 9.47 Å². The first-order valence-electron chi connectivity index (χ1n) is 10.6. The molecule has 1 atom stereocenters. The van der Waals surface area contributed by atoms with E-state index in [9.17, 15) is 14.7 Å². The first-order chi connectivity index (χ1) is 16.4. The number of aliphatic hydroxyl groups excluding tert-OH is 1. The lowest BCUT2D eigenvalue weighted by molar-refractivity contribution is -0.132. The van der Waals surface area contributed by atoms with Crippen molar-refractivity contribution in [1.29, 1.82) is 0 Å². The molecule has 8 nitrogen and oxygen atoms in total. The van der Waals surface area contributed by atoms with Gasteiger partial charge in [0, 0.05) is 43.9 Å². The molecule has 3 aromatic rings. The first kappa shape index (κ1) is 22.8. The van der Waals surface area contributed by atoms with Gasteiger partial charge in [-0.3, -0.25) is 19.5 Å². The van der Waals surface area contributed by atoms with Crippen LogP contribution in [0, 0.1) is 0 Å². The van der Waals surface area contributed by atoms with Crippen molar-refractivity contribution >= 4 is 28.8 Å². The second-order valence-corrected chi connectivity index (χ2v) is 7.93. The standard InChI is InChI=1S/C26H25N3O5/c1-28(2)17-5-7-18(8-6-17)29-23(16-11-13-27-14-12-16)22(25(31)26(29)32)24(30)20-10-9-19(33-3)15-21(20)34-4/h5-15,23,30H,1-4H3/b24-22-. The second kappa shape index (κ2) is 9.27. The Hall–Kier alpha value is -4.33. The third-order valence-corrected chi connectivity index (χ3v) is 5.77. The molecule has 1 unspecified atom stereocenters. The molecular formula is C26H25N3O5. The van der Waals surface area contributed by atoms with Gasteiger partial charge in [-0.2, -0.15) is 0 Å². The number of aliphatic hydroxyl groups is 1. The summed E-state index contributed by atoms with van der Waals surface area (Å²) in [6, 6.07) is 14.7. The van der Waals surface area contributed by atoms with Crippen LogP contribution in [0.25, 0.3) is 5.76 Å². The lowest BCUT2D eigenvalue weighted by Crippen LogP contribution is -2.29. The second-order valence-electron chi connectivity index (χ2n) is 7.93. The van der Waals surface area contributed by atoms with Crippen LogP contribution in [0.2, 0.25) is 0 Å². The summed E-state index contributed by atoms with van der Waals surface area (Å²) in [6.07, 6.45) is 3.16. The number of ether oxygens (including phenoxy) is 2. The van der Waals surface area contributed by atoms with E-state index >= 15 is 0 Å². The van der Waals surface area contributed by atoms with Crippen molar-refractivity contribution in [2.24, 2.45) is 0 Å². The Morgan fingerprint density at radius 3 is 2.24 bits per heavy atom. The lowest BCUT2D eigenvalue weighted by atomic mass is 9.95. The normalized spacial score (nSPS) is 17.1. The molecule has 1 fully saturated rings. The minimum absolute atomic E-state index is 0.0312. The number of benzene rings is 2. The molecule has 0 saturated carbocycles. The van der Waals surface area contributed by atoms with Gasteiger partial charge in [0.15, 0.2) is 0 Å². The van der Waals surface area contributed by atoms with Gasteiger partial charge in [0.25, 0.3) is 11.7 Å². The summed E-state index contributed by atoms with van der Waals surface area (Å²) in [5.74, 6) is -0.998. The fourth-order valence-electron chi connectivity index (χ4n) is 4.01. The average Bonchev–Trinajstić information content (AvgIpc) is 3.14. The van der Waals surface area contributed by atoms with Crippen molar-refractivity contribution in [3.8, 4) is 11.5 Å². The molecule has 1 saturated heterocycles. The van der Waals surface area contributed by atoms with Crippen LogP contribution < -0.4 is 19.3 Å². The molecule has 174 valence electrons. The van der Waals surface area contributed by atoms with E-state index in [0.29, 0.717) is 22.7 Å². The predicted molar refractivity (Wildman–Crippen MR) is 129 cm³/mol.